The highest BCUT2D eigenvalue weighted by molar-refractivity contribution is 7.07. The van der Waals surface area contributed by atoms with Crippen LogP contribution < -0.4 is 0 Å². The Bertz CT molecular complexity index is 294. The van der Waals surface area contributed by atoms with Gasteiger partial charge in [-0.15, -0.1) is 0 Å². The van der Waals surface area contributed by atoms with Gasteiger partial charge in [0.15, 0.2) is 0 Å². The van der Waals surface area contributed by atoms with Crippen LogP contribution in [-0.2, 0) is 4.79 Å². The first-order chi connectivity index (χ1) is 6.29. The van der Waals surface area contributed by atoms with E-state index in [0.29, 0.717) is 6.04 Å². The Hall–Kier alpha value is -0.830. The predicted octanol–water partition coefficient (Wildman–Crippen LogP) is 2.43. The highest BCUT2D eigenvalue weighted by Gasteiger charge is 2.27. The van der Waals surface area contributed by atoms with Gasteiger partial charge in [-0.2, -0.15) is 11.3 Å². The van der Waals surface area contributed by atoms with E-state index in [4.69, 9.17) is 0 Å². The first-order valence-electron chi connectivity index (χ1n) is 4.58. The molecule has 2 nitrogen and oxygen atoms in total. The minimum Gasteiger partial charge on any atom is -0.336 e. The molecule has 1 aromatic heterocycles. The van der Waals surface area contributed by atoms with Crippen LogP contribution in [0.15, 0.2) is 16.8 Å². The summed E-state index contributed by atoms with van der Waals surface area (Å²) >= 11 is 1.70. The SMILES string of the molecule is CC(=O)N1CCC[C@H]1c1ccsc1. The highest BCUT2D eigenvalue weighted by Crippen LogP contribution is 2.32. The number of carbonyl (C=O) groups excluding carboxylic acids is 1. The van der Waals surface area contributed by atoms with Crippen molar-refractivity contribution in [3.8, 4) is 0 Å². The number of rotatable bonds is 1. The van der Waals surface area contributed by atoms with Crippen LogP contribution in [0.3, 0.4) is 0 Å². The fourth-order valence-corrected chi connectivity index (χ4v) is 2.66. The molecule has 0 unspecified atom stereocenters. The van der Waals surface area contributed by atoms with Crippen LogP contribution in [0, 0.1) is 0 Å². The molecule has 3 heteroatoms. The van der Waals surface area contributed by atoms with E-state index in [2.05, 4.69) is 16.8 Å². The van der Waals surface area contributed by atoms with E-state index in [1.807, 2.05) is 4.90 Å². The quantitative estimate of drug-likeness (QED) is 0.674. The van der Waals surface area contributed by atoms with Gasteiger partial charge in [0.2, 0.25) is 5.91 Å². The Kier molecular flexibility index (Phi) is 2.36. The van der Waals surface area contributed by atoms with Crippen molar-refractivity contribution in [1.29, 1.82) is 0 Å². The molecule has 1 aliphatic rings. The summed E-state index contributed by atoms with van der Waals surface area (Å²) in [5.74, 6) is 0.203. The molecule has 1 fully saturated rings. The summed E-state index contributed by atoms with van der Waals surface area (Å²) in [6.45, 7) is 2.58. The molecule has 70 valence electrons. The van der Waals surface area contributed by atoms with Crippen molar-refractivity contribution in [3.63, 3.8) is 0 Å². The number of thiophene rings is 1. The number of amides is 1. The number of hydrogen-bond acceptors (Lipinski definition) is 2. The number of carbonyl (C=O) groups is 1. The number of hydrogen-bond donors (Lipinski definition) is 0. The smallest absolute Gasteiger partial charge is 0.219 e. The van der Waals surface area contributed by atoms with E-state index >= 15 is 0 Å². The Morgan fingerprint density at radius 1 is 1.69 bits per heavy atom. The van der Waals surface area contributed by atoms with E-state index in [1.54, 1.807) is 18.3 Å². The van der Waals surface area contributed by atoms with Crippen LogP contribution in [0.1, 0.15) is 31.4 Å². The molecule has 1 saturated heterocycles. The maximum absolute atomic E-state index is 11.3. The third-order valence-electron chi connectivity index (χ3n) is 2.59. The maximum atomic E-state index is 11.3. The third kappa shape index (κ3) is 1.61. The molecule has 0 bridgehead atoms. The second-order valence-corrected chi connectivity index (χ2v) is 4.21. The normalized spacial score (nSPS) is 22.2. The zero-order chi connectivity index (χ0) is 9.26. The largest absolute Gasteiger partial charge is 0.336 e. The summed E-state index contributed by atoms with van der Waals surface area (Å²) in [4.78, 5) is 13.3. The molecule has 0 radical (unpaired) electrons. The summed E-state index contributed by atoms with van der Waals surface area (Å²) < 4.78 is 0. The Morgan fingerprint density at radius 2 is 2.54 bits per heavy atom. The summed E-state index contributed by atoms with van der Waals surface area (Å²) in [6, 6.07) is 2.47. The van der Waals surface area contributed by atoms with Crippen molar-refractivity contribution in [1.82, 2.24) is 4.90 Å². The van der Waals surface area contributed by atoms with Gasteiger partial charge in [-0.25, -0.2) is 0 Å². The van der Waals surface area contributed by atoms with Gasteiger partial charge in [-0.1, -0.05) is 0 Å². The molecule has 1 atom stereocenters. The van der Waals surface area contributed by atoms with Crippen molar-refractivity contribution in [2.24, 2.45) is 0 Å². The molecule has 0 aliphatic carbocycles. The van der Waals surface area contributed by atoms with Crippen LogP contribution in [0.4, 0.5) is 0 Å². The van der Waals surface area contributed by atoms with E-state index in [9.17, 15) is 4.79 Å². The summed E-state index contributed by atoms with van der Waals surface area (Å²) in [5.41, 5.74) is 1.30. The van der Waals surface area contributed by atoms with Crippen molar-refractivity contribution in [2.75, 3.05) is 6.54 Å². The van der Waals surface area contributed by atoms with Crippen molar-refractivity contribution >= 4 is 17.2 Å². The minimum atomic E-state index is 0.203. The maximum Gasteiger partial charge on any atom is 0.219 e. The molecular weight excluding hydrogens is 182 g/mol. The van der Waals surface area contributed by atoms with Crippen LogP contribution >= 0.6 is 11.3 Å². The first-order valence-corrected chi connectivity index (χ1v) is 5.52. The lowest BCUT2D eigenvalue weighted by molar-refractivity contribution is -0.129. The van der Waals surface area contributed by atoms with Gasteiger partial charge in [0.1, 0.15) is 0 Å². The summed E-state index contributed by atoms with van der Waals surface area (Å²) in [5, 5.41) is 4.22. The highest BCUT2D eigenvalue weighted by atomic mass is 32.1. The molecule has 0 spiro atoms. The molecular formula is C10H13NOS. The Balaban J connectivity index is 2.19. The second kappa shape index (κ2) is 3.50. The fraction of sp³-hybridized carbons (Fsp3) is 0.500. The van der Waals surface area contributed by atoms with Gasteiger partial charge in [0.05, 0.1) is 6.04 Å². The second-order valence-electron chi connectivity index (χ2n) is 3.43. The average Bonchev–Trinajstić information content (AvgIpc) is 2.74. The molecule has 13 heavy (non-hydrogen) atoms. The minimum absolute atomic E-state index is 0.203. The van der Waals surface area contributed by atoms with Crippen LogP contribution in [-0.4, -0.2) is 17.4 Å². The zero-order valence-corrected chi connectivity index (χ0v) is 8.51. The molecule has 1 amide bonds. The van der Waals surface area contributed by atoms with Crippen molar-refractivity contribution in [2.45, 2.75) is 25.8 Å². The molecule has 0 aromatic carbocycles. The fourth-order valence-electron chi connectivity index (χ4n) is 1.95. The lowest BCUT2D eigenvalue weighted by Gasteiger charge is -2.22. The van der Waals surface area contributed by atoms with Crippen LogP contribution in [0.2, 0.25) is 0 Å². The number of nitrogens with zero attached hydrogens (tertiary/aromatic N) is 1. The monoisotopic (exact) mass is 195 g/mol. The van der Waals surface area contributed by atoms with E-state index < -0.39 is 0 Å². The Morgan fingerprint density at radius 3 is 3.15 bits per heavy atom. The van der Waals surface area contributed by atoms with Gasteiger partial charge in [-0.3, -0.25) is 4.79 Å². The van der Waals surface area contributed by atoms with Crippen molar-refractivity contribution < 1.29 is 4.79 Å². The van der Waals surface area contributed by atoms with E-state index in [1.165, 1.54) is 5.56 Å². The summed E-state index contributed by atoms with van der Waals surface area (Å²) in [6.07, 6.45) is 2.26. The number of likely N-dealkylation sites (tertiary alicyclic amines) is 1. The van der Waals surface area contributed by atoms with Crippen LogP contribution in [0.25, 0.3) is 0 Å². The van der Waals surface area contributed by atoms with Gasteiger partial charge < -0.3 is 4.90 Å². The van der Waals surface area contributed by atoms with E-state index in [-0.39, 0.29) is 5.91 Å². The molecule has 0 saturated carbocycles. The lowest BCUT2D eigenvalue weighted by Crippen LogP contribution is -2.27. The first kappa shape index (κ1) is 8.75. The van der Waals surface area contributed by atoms with Gasteiger partial charge in [0, 0.05) is 13.5 Å². The molecule has 1 aliphatic heterocycles. The van der Waals surface area contributed by atoms with Crippen molar-refractivity contribution in [3.05, 3.63) is 22.4 Å². The molecule has 0 N–H and O–H groups in total. The molecule has 2 heterocycles. The van der Waals surface area contributed by atoms with E-state index in [0.717, 1.165) is 19.4 Å². The topological polar surface area (TPSA) is 20.3 Å². The zero-order valence-electron chi connectivity index (χ0n) is 7.69. The standard InChI is InChI=1S/C10H13NOS/c1-8(12)11-5-2-3-10(11)9-4-6-13-7-9/h4,6-7,10H,2-3,5H2,1H3/t10-/m0/s1. The van der Waals surface area contributed by atoms with Gasteiger partial charge >= 0.3 is 0 Å². The molecule has 1 aromatic rings. The Labute approximate surface area is 82.2 Å². The van der Waals surface area contributed by atoms with Gasteiger partial charge in [0.25, 0.3) is 0 Å². The average molecular weight is 195 g/mol. The lowest BCUT2D eigenvalue weighted by atomic mass is 10.1. The molecule has 2 rings (SSSR count). The predicted molar refractivity (Wildman–Crippen MR) is 53.7 cm³/mol. The van der Waals surface area contributed by atoms with Gasteiger partial charge in [-0.05, 0) is 35.2 Å². The van der Waals surface area contributed by atoms with Crippen LogP contribution in [0.5, 0.6) is 0 Å². The summed E-state index contributed by atoms with van der Waals surface area (Å²) in [7, 11) is 0. The third-order valence-corrected chi connectivity index (χ3v) is 3.29.